The SMILES string of the molecule is CCNc1ccc(C(=C2C=CC(=N)C=C2)c2ccc(N(CC)CC)cc2)cc1. The van der Waals surface area contributed by atoms with E-state index in [1.807, 2.05) is 24.3 Å². The van der Waals surface area contributed by atoms with Gasteiger partial charge >= 0.3 is 0 Å². The number of hydrogen-bond acceptors (Lipinski definition) is 3. The van der Waals surface area contributed by atoms with Gasteiger partial charge in [0, 0.05) is 31.0 Å². The summed E-state index contributed by atoms with van der Waals surface area (Å²) < 4.78 is 0. The third-order valence-electron chi connectivity index (χ3n) is 5.01. The van der Waals surface area contributed by atoms with Crippen LogP contribution in [0.5, 0.6) is 0 Å². The van der Waals surface area contributed by atoms with E-state index in [4.69, 9.17) is 5.41 Å². The normalized spacial score (nSPS) is 13.0. The Morgan fingerprint density at radius 2 is 1.32 bits per heavy atom. The van der Waals surface area contributed by atoms with Gasteiger partial charge in [0.2, 0.25) is 0 Å². The predicted molar refractivity (Wildman–Crippen MR) is 123 cm³/mol. The smallest absolute Gasteiger partial charge is 0.0540 e. The second-order valence-corrected chi connectivity index (χ2v) is 6.78. The second kappa shape index (κ2) is 9.23. The molecule has 3 rings (SSSR count). The van der Waals surface area contributed by atoms with E-state index in [1.54, 1.807) is 0 Å². The standard InChI is InChI=1S/C25H29N3/c1-4-27-23-15-9-20(10-16-23)25(19-7-13-22(26)14-8-19)21-11-17-24(18-12-21)28(5-2)6-3/h7-18,26-27H,4-6H2,1-3H3. The molecule has 144 valence electrons. The van der Waals surface area contributed by atoms with Crippen LogP contribution in [0, 0.1) is 5.41 Å². The Morgan fingerprint density at radius 3 is 1.82 bits per heavy atom. The first-order valence-electron chi connectivity index (χ1n) is 10.0. The topological polar surface area (TPSA) is 39.1 Å². The molecular formula is C25H29N3. The van der Waals surface area contributed by atoms with E-state index in [2.05, 4.69) is 79.5 Å². The molecule has 0 fully saturated rings. The molecule has 1 aliphatic carbocycles. The van der Waals surface area contributed by atoms with E-state index in [0.717, 1.165) is 30.9 Å². The lowest BCUT2D eigenvalue weighted by atomic mass is 9.90. The number of nitrogens with one attached hydrogen (secondary N) is 2. The van der Waals surface area contributed by atoms with Gasteiger partial charge in [-0.2, -0.15) is 0 Å². The van der Waals surface area contributed by atoms with Crippen LogP contribution in [0.15, 0.2) is 78.4 Å². The third-order valence-corrected chi connectivity index (χ3v) is 5.01. The third kappa shape index (κ3) is 4.42. The first-order chi connectivity index (χ1) is 13.7. The van der Waals surface area contributed by atoms with Crippen LogP contribution in [0.1, 0.15) is 31.9 Å². The Kier molecular flexibility index (Phi) is 6.49. The van der Waals surface area contributed by atoms with Crippen LogP contribution < -0.4 is 10.2 Å². The van der Waals surface area contributed by atoms with Gasteiger partial charge in [-0.3, -0.25) is 0 Å². The first kappa shape index (κ1) is 19.7. The van der Waals surface area contributed by atoms with Crippen LogP contribution >= 0.6 is 0 Å². The molecule has 2 aromatic carbocycles. The van der Waals surface area contributed by atoms with Gasteiger partial charge in [-0.05, 0) is 79.5 Å². The average molecular weight is 372 g/mol. The lowest BCUT2D eigenvalue weighted by Gasteiger charge is -2.22. The van der Waals surface area contributed by atoms with Crippen LogP contribution in [0.3, 0.4) is 0 Å². The van der Waals surface area contributed by atoms with E-state index < -0.39 is 0 Å². The molecule has 0 heterocycles. The second-order valence-electron chi connectivity index (χ2n) is 6.78. The van der Waals surface area contributed by atoms with Crippen molar-refractivity contribution in [3.8, 4) is 0 Å². The Bertz CT molecular complexity index is 878. The predicted octanol–water partition coefficient (Wildman–Crippen LogP) is 5.91. The van der Waals surface area contributed by atoms with Crippen molar-refractivity contribution in [3.05, 3.63) is 89.5 Å². The molecule has 3 nitrogen and oxygen atoms in total. The molecule has 1 aliphatic rings. The maximum Gasteiger partial charge on any atom is 0.0540 e. The Balaban J connectivity index is 2.05. The van der Waals surface area contributed by atoms with Gasteiger partial charge < -0.3 is 15.6 Å². The molecule has 2 N–H and O–H groups in total. The lowest BCUT2D eigenvalue weighted by Crippen LogP contribution is -2.21. The summed E-state index contributed by atoms with van der Waals surface area (Å²) in [4.78, 5) is 2.35. The summed E-state index contributed by atoms with van der Waals surface area (Å²) in [5.74, 6) is 0. The number of hydrogen-bond donors (Lipinski definition) is 2. The highest BCUT2D eigenvalue weighted by Gasteiger charge is 2.12. The number of anilines is 2. The summed E-state index contributed by atoms with van der Waals surface area (Å²) in [6.07, 6.45) is 7.78. The Labute approximate surface area is 168 Å². The fourth-order valence-corrected chi connectivity index (χ4v) is 3.52. The van der Waals surface area contributed by atoms with Crippen molar-refractivity contribution in [2.75, 3.05) is 29.9 Å². The molecule has 0 radical (unpaired) electrons. The fourth-order valence-electron chi connectivity index (χ4n) is 3.52. The molecule has 3 heteroatoms. The highest BCUT2D eigenvalue weighted by Crippen LogP contribution is 2.31. The van der Waals surface area contributed by atoms with Gasteiger partial charge in [-0.1, -0.05) is 36.4 Å². The molecule has 0 atom stereocenters. The average Bonchev–Trinajstić information content (AvgIpc) is 2.73. The minimum absolute atomic E-state index is 0.530. The van der Waals surface area contributed by atoms with Crippen molar-refractivity contribution < 1.29 is 0 Å². The molecule has 0 spiro atoms. The van der Waals surface area contributed by atoms with Crippen molar-refractivity contribution in [2.45, 2.75) is 20.8 Å². The zero-order chi connectivity index (χ0) is 19.9. The molecule has 0 aromatic heterocycles. The number of rotatable bonds is 7. The molecule has 0 unspecified atom stereocenters. The number of allylic oxidation sites excluding steroid dienone is 5. The summed E-state index contributed by atoms with van der Waals surface area (Å²) in [6.45, 7) is 9.39. The minimum atomic E-state index is 0.530. The Morgan fingerprint density at radius 1 is 0.786 bits per heavy atom. The Hall–Kier alpha value is -3.07. The lowest BCUT2D eigenvalue weighted by molar-refractivity contribution is 0.866. The first-order valence-corrected chi connectivity index (χ1v) is 10.0. The van der Waals surface area contributed by atoms with E-state index in [1.165, 1.54) is 22.4 Å². The highest BCUT2D eigenvalue weighted by atomic mass is 15.1. The minimum Gasteiger partial charge on any atom is -0.385 e. The van der Waals surface area contributed by atoms with Gasteiger partial charge in [-0.15, -0.1) is 0 Å². The molecular weight excluding hydrogens is 342 g/mol. The molecule has 0 amide bonds. The van der Waals surface area contributed by atoms with Crippen molar-refractivity contribution in [1.82, 2.24) is 0 Å². The quantitative estimate of drug-likeness (QED) is 0.635. The van der Waals surface area contributed by atoms with Gasteiger partial charge in [0.05, 0.1) is 5.71 Å². The van der Waals surface area contributed by atoms with Crippen molar-refractivity contribution in [2.24, 2.45) is 0 Å². The largest absolute Gasteiger partial charge is 0.385 e. The van der Waals surface area contributed by atoms with Gasteiger partial charge in [0.25, 0.3) is 0 Å². The van der Waals surface area contributed by atoms with Crippen molar-refractivity contribution in [1.29, 1.82) is 5.41 Å². The van der Waals surface area contributed by atoms with Crippen molar-refractivity contribution >= 4 is 22.7 Å². The molecule has 0 bridgehead atoms. The van der Waals surface area contributed by atoms with Crippen LogP contribution in [0.25, 0.3) is 5.57 Å². The van der Waals surface area contributed by atoms with E-state index >= 15 is 0 Å². The number of benzene rings is 2. The summed E-state index contributed by atoms with van der Waals surface area (Å²) in [7, 11) is 0. The van der Waals surface area contributed by atoms with E-state index in [9.17, 15) is 0 Å². The number of nitrogens with zero attached hydrogens (tertiary/aromatic N) is 1. The van der Waals surface area contributed by atoms with Gasteiger partial charge in [-0.25, -0.2) is 0 Å². The summed E-state index contributed by atoms with van der Waals surface area (Å²) in [5.41, 5.74) is 7.58. The zero-order valence-electron chi connectivity index (χ0n) is 17.0. The van der Waals surface area contributed by atoms with Crippen LogP contribution in [0.2, 0.25) is 0 Å². The van der Waals surface area contributed by atoms with Gasteiger partial charge in [0.15, 0.2) is 0 Å². The van der Waals surface area contributed by atoms with Crippen molar-refractivity contribution in [3.63, 3.8) is 0 Å². The zero-order valence-corrected chi connectivity index (χ0v) is 17.0. The summed E-state index contributed by atoms with van der Waals surface area (Å²) in [6, 6.07) is 17.4. The van der Waals surface area contributed by atoms with Crippen LogP contribution in [-0.2, 0) is 0 Å². The highest BCUT2D eigenvalue weighted by molar-refractivity contribution is 6.05. The van der Waals surface area contributed by atoms with Crippen LogP contribution in [0.4, 0.5) is 11.4 Å². The van der Waals surface area contributed by atoms with E-state index in [-0.39, 0.29) is 0 Å². The van der Waals surface area contributed by atoms with E-state index in [0.29, 0.717) is 5.71 Å². The maximum atomic E-state index is 7.81. The molecule has 2 aromatic rings. The molecule has 0 saturated heterocycles. The van der Waals surface area contributed by atoms with Gasteiger partial charge in [0.1, 0.15) is 0 Å². The van der Waals surface area contributed by atoms with Crippen LogP contribution in [-0.4, -0.2) is 25.3 Å². The molecule has 28 heavy (non-hydrogen) atoms. The maximum absolute atomic E-state index is 7.81. The summed E-state index contributed by atoms with van der Waals surface area (Å²) >= 11 is 0. The molecule has 0 aliphatic heterocycles. The summed E-state index contributed by atoms with van der Waals surface area (Å²) in [5, 5.41) is 11.2. The fraction of sp³-hybridized carbons (Fsp3) is 0.240. The monoisotopic (exact) mass is 371 g/mol. The molecule has 0 saturated carbocycles.